The summed E-state index contributed by atoms with van der Waals surface area (Å²) in [7, 11) is 1.47. The highest BCUT2D eigenvalue weighted by Crippen LogP contribution is 1.96. The summed E-state index contributed by atoms with van der Waals surface area (Å²) >= 11 is 5.46. The van der Waals surface area contributed by atoms with Crippen molar-refractivity contribution in [1.29, 1.82) is 0 Å². The Labute approximate surface area is 57.7 Å². The lowest BCUT2D eigenvalue weighted by Gasteiger charge is -2.16. The van der Waals surface area contributed by atoms with Crippen LogP contribution in [0.5, 0.6) is 0 Å². The van der Waals surface area contributed by atoms with Gasteiger partial charge in [0.2, 0.25) is 0 Å². The van der Waals surface area contributed by atoms with Crippen LogP contribution in [0.1, 0.15) is 0 Å². The van der Waals surface area contributed by atoms with Crippen molar-refractivity contribution in [2.75, 3.05) is 7.11 Å². The van der Waals surface area contributed by atoms with Gasteiger partial charge in [-0.2, -0.15) is 0 Å². The van der Waals surface area contributed by atoms with Crippen LogP contribution in [0.3, 0.4) is 0 Å². The molecule has 49 valence electrons. The normalized spacial score (nSPS) is 17.1. The fraction of sp³-hybridized carbons (Fsp3) is 0.250. The highest BCUT2D eigenvalue weighted by atomic mass is 35.5. The Morgan fingerprint density at radius 1 is 2.00 bits per heavy atom. The molecule has 0 atom stereocenters. The maximum atomic E-state index is 5.46. The van der Waals surface area contributed by atoms with Gasteiger partial charge in [-0.05, 0) is 0 Å². The maximum absolute atomic E-state index is 5.46. The van der Waals surface area contributed by atoms with Crippen molar-refractivity contribution in [3.8, 4) is 0 Å². The topological polar surface area (TPSA) is 36.9 Å². The van der Waals surface area contributed by atoms with Crippen molar-refractivity contribution in [1.82, 2.24) is 10.7 Å². The van der Waals surface area contributed by atoms with Crippen molar-refractivity contribution in [3.63, 3.8) is 0 Å². The second kappa shape index (κ2) is 2.70. The molecular formula is C4H5ClN3O. The van der Waals surface area contributed by atoms with E-state index in [1.54, 1.807) is 0 Å². The lowest BCUT2D eigenvalue weighted by Crippen LogP contribution is -2.31. The third kappa shape index (κ3) is 1.58. The van der Waals surface area contributed by atoms with E-state index in [9.17, 15) is 0 Å². The van der Waals surface area contributed by atoms with Crippen LogP contribution in [-0.2, 0) is 4.84 Å². The third-order valence-electron chi connectivity index (χ3n) is 0.711. The highest BCUT2D eigenvalue weighted by molar-refractivity contribution is 6.68. The van der Waals surface area contributed by atoms with Gasteiger partial charge in [-0.3, -0.25) is 5.43 Å². The number of rotatable bonds is 1. The molecule has 5 heteroatoms. The van der Waals surface area contributed by atoms with Crippen LogP contribution in [0, 0.1) is 6.20 Å². The first-order chi connectivity index (χ1) is 4.33. The van der Waals surface area contributed by atoms with E-state index in [0.717, 1.165) is 5.28 Å². The Balaban J connectivity index is 2.55. The Kier molecular flexibility index (Phi) is 1.92. The molecular weight excluding hydrogens is 142 g/mol. The molecule has 0 amide bonds. The van der Waals surface area contributed by atoms with Gasteiger partial charge in [0.25, 0.3) is 0 Å². The second-order valence-electron chi connectivity index (χ2n) is 1.28. The van der Waals surface area contributed by atoms with Gasteiger partial charge in [0.1, 0.15) is 0 Å². The van der Waals surface area contributed by atoms with Gasteiger partial charge < -0.3 is 0 Å². The number of hydrazine groups is 1. The van der Waals surface area contributed by atoms with E-state index in [1.165, 1.54) is 13.2 Å². The molecule has 0 unspecified atom stereocenters. The summed E-state index contributed by atoms with van der Waals surface area (Å²) in [6.45, 7) is 0. The quantitative estimate of drug-likeness (QED) is 0.576. The molecule has 1 aliphatic rings. The van der Waals surface area contributed by atoms with Gasteiger partial charge in [-0.1, -0.05) is 16.9 Å². The molecule has 1 N–H and O–H groups in total. The predicted molar refractivity (Wildman–Crippen MR) is 33.1 cm³/mol. The summed E-state index contributed by atoms with van der Waals surface area (Å²) in [5.41, 5.74) is 2.53. The molecule has 1 radical (unpaired) electrons. The first kappa shape index (κ1) is 6.38. The number of hydrogen-bond acceptors (Lipinski definition) is 4. The van der Waals surface area contributed by atoms with Crippen LogP contribution < -0.4 is 5.43 Å². The van der Waals surface area contributed by atoms with Crippen molar-refractivity contribution in [3.05, 3.63) is 12.3 Å². The number of halogens is 1. The first-order valence-electron chi connectivity index (χ1n) is 2.25. The summed E-state index contributed by atoms with van der Waals surface area (Å²) in [6.07, 6.45) is 4.10. The Hall–Kier alpha value is -0.740. The minimum absolute atomic E-state index is 0.329. The summed E-state index contributed by atoms with van der Waals surface area (Å²) in [6, 6.07) is 0. The molecule has 9 heavy (non-hydrogen) atoms. The fourth-order valence-electron chi connectivity index (χ4n) is 0.374. The summed E-state index contributed by atoms with van der Waals surface area (Å²) in [5, 5.41) is 5.09. The minimum atomic E-state index is 0.329. The largest absolute Gasteiger partial charge is 0.255 e. The standard InChI is InChI=1S/C4H5ClN3O/c1-9-8-6-3-2-4(5)7-8/h2,6H,1H3. The number of hydrogen-bond donors (Lipinski definition) is 1. The van der Waals surface area contributed by atoms with E-state index < -0.39 is 0 Å². The molecule has 0 saturated carbocycles. The lowest BCUT2D eigenvalue weighted by molar-refractivity contribution is -0.163. The van der Waals surface area contributed by atoms with Crippen molar-refractivity contribution in [2.24, 2.45) is 5.10 Å². The first-order valence-corrected chi connectivity index (χ1v) is 2.63. The third-order valence-corrected chi connectivity index (χ3v) is 0.895. The Bertz CT molecular complexity index is 156. The summed E-state index contributed by atoms with van der Waals surface area (Å²) in [5.74, 6) is 0. The summed E-state index contributed by atoms with van der Waals surface area (Å²) < 4.78 is 0. The lowest BCUT2D eigenvalue weighted by atomic mass is 10.6. The van der Waals surface area contributed by atoms with Crippen molar-refractivity contribution >= 4 is 16.8 Å². The molecule has 0 aromatic rings. The fourth-order valence-corrected chi connectivity index (χ4v) is 0.497. The van der Waals surface area contributed by atoms with E-state index >= 15 is 0 Å². The molecule has 0 aliphatic carbocycles. The molecule has 0 bridgehead atoms. The SMILES string of the molecule is CON1N=C(Cl)C=[C]N1. The van der Waals surface area contributed by atoms with Crippen LogP contribution in [0.4, 0.5) is 0 Å². The highest BCUT2D eigenvalue weighted by Gasteiger charge is 2.01. The Morgan fingerprint density at radius 2 is 2.78 bits per heavy atom. The van der Waals surface area contributed by atoms with Gasteiger partial charge in [0.05, 0.1) is 13.3 Å². The zero-order valence-electron chi connectivity index (χ0n) is 4.76. The van der Waals surface area contributed by atoms with E-state index in [1.807, 2.05) is 0 Å². The average Bonchev–Trinajstić information content (AvgIpc) is 1.88. The Morgan fingerprint density at radius 3 is 3.22 bits per heavy atom. The molecule has 1 aliphatic heterocycles. The van der Waals surface area contributed by atoms with E-state index in [-0.39, 0.29) is 0 Å². The van der Waals surface area contributed by atoms with Crippen molar-refractivity contribution in [2.45, 2.75) is 0 Å². The smallest absolute Gasteiger partial charge is 0.155 e. The molecule has 0 saturated heterocycles. The minimum Gasteiger partial charge on any atom is -0.255 e. The van der Waals surface area contributed by atoms with Crippen LogP contribution in [0.15, 0.2) is 11.2 Å². The molecule has 1 rings (SSSR count). The van der Waals surface area contributed by atoms with Gasteiger partial charge in [-0.25, -0.2) is 4.84 Å². The van der Waals surface area contributed by atoms with Crippen LogP contribution >= 0.6 is 11.6 Å². The van der Waals surface area contributed by atoms with E-state index in [2.05, 4.69) is 21.6 Å². The molecule has 0 aromatic carbocycles. The monoisotopic (exact) mass is 146 g/mol. The second-order valence-corrected chi connectivity index (χ2v) is 1.67. The summed E-state index contributed by atoms with van der Waals surface area (Å²) in [4.78, 5) is 4.63. The predicted octanol–water partition coefficient (Wildman–Crippen LogP) is 0.237. The molecule has 1 heterocycles. The van der Waals surface area contributed by atoms with Crippen LogP contribution in [0.25, 0.3) is 0 Å². The van der Waals surface area contributed by atoms with Gasteiger partial charge in [0, 0.05) is 6.08 Å². The number of allylic oxidation sites excluding steroid dienone is 1. The van der Waals surface area contributed by atoms with E-state index in [4.69, 9.17) is 11.6 Å². The molecule has 0 aromatic heterocycles. The van der Waals surface area contributed by atoms with Gasteiger partial charge in [-0.15, -0.1) is 5.10 Å². The number of nitrogens with zero attached hydrogens (tertiary/aromatic N) is 2. The van der Waals surface area contributed by atoms with Gasteiger partial charge in [0.15, 0.2) is 5.17 Å². The maximum Gasteiger partial charge on any atom is 0.155 e. The van der Waals surface area contributed by atoms with Crippen LogP contribution in [-0.4, -0.2) is 17.6 Å². The number of nitrogens with one attached hydrogen (secondary N) is 1. The van der Waals surface area contributed by atoms with Gasteiger partial charge >= 0.3 is 0 Å². The van der Waals surface area contributed by atoms with Crippen LogP contribution in [0.2, 0.25) is 0 Å². The van der Waals surface area contributed by atoms with Crippen molar-refractivity contribution < 1.29 is 4.84 Å². The number of hydrazone groups is 1. The zero-order valence-corrected chi connectivity index (χ0v) is 5.51. The molecule has 0 spiro atoms. The molecule has 0 fully saturated rings. The van der Waals surface area contributed by atoms with E-state index in [0.29, 0.717) is 5.17 Å². The zero-order chi connectivity index (χ0) is 6.69. The molecule has 4 nitrogen and oxygen atoms in total. The average molecular weight is 147 g/mol.